The number of hydrogen-bond acceptors (Lipinski definition) is 2. The van der Waals surface area contributed by atoms with E-state index in [9.17, 15) is 9.59 Å². The highest BCUT2D eigenvalue weighted by atomic mass is 16.4. The van der Waals surface area contributed by atoms with Crippen LogP contribution in [0.2, 0.25) is 0 Å². The molecule has 0 heterocycles. The quantitative estimate of drug-likeness (QED) is 0.789. The summed E-state index contributed by atoms with van der Waals surface area (Å²) in [5, 5.41) is 11.7. The van der Waals surface area contributed by atoms with Gasteiger partial charge in [0, 0.05) is 12.0 Å². The second-order valence-electron chi connectivity index (χ2n) is 6.00. The minimum absolute atomic E-state index is 0.0666. The van der Waals surface area contributed by atoms with E-state index in [1.807, 2.05) is 6.92 Å². The maximum absolute atomic E-state index is 12.0. The van der Waals surface area contributed by atoms with Gasteiger partial charge in [0.2, 0.25) is 5.91 Å². The number of hydrogen-bond donors (Lipinski definition) is 2. The molecule has 18 heavy (non-hydrogen) atoms. The fraction of sp³-hybridized carbons (Fsp3) is 0.857. The van der Waals surface area contributed by atoms with E-state index in [0.717, 1.165) is 12.3 Å². The summed E-state index contributed by atoms with van der Waals surface area (Å²) in [4.78, 5) is 22.6. The Labute approximate surface area is 108 Å². The topological polar surface area (TPSA) is 66.4 Å². The molecule has 0 spiro atoms. The molecule has 102 valence electrons. The Balaban J connectivity index is 1.66. The molecule has 2 fully saturated rings. The first-order valence-electron chi connectivity index (χ1n) is 7.09. The molecular formula is C14H23NO3. The lowest BCUT2D eigenvalue weighted by molar-refractivity contribution is -0.146. The highest BCUT2D eigenvalue weighted by Crippen LogP contribution is 2.31. The van der Waals surface area contributed by atoms with E-state index in [1.165, 1.54) is 25.7 Å². The van der Waals surface area contributed by atoms with Crippen LogP contribution in [0.3, 0.4) is 0 Å². The molecule has 1 unspecified atom stereocenters. The van der Waals surface area contributed by atoms with Crippen molar-refractivity contribution in [3.63, 3.8) is 0 Å². The molecule has 1 amide bonds. The number of amides is 1. The molecule has 2 saturated carbocycles. The molecule has 0 aromatic heterocycles. The van der Waals surface area contributed by atoms with E-state index in [1.54, 1.807) is 0 Å². The number of carboxylic acid groups (broad SMARTS) is 1. The van der Waals surface area contributed by atoms with Crippen LogP contribution < -0.4 is 5.32 Å². The predicted octanol–water partition coefficient (Wildman–Crippen LogP) is 2.18. The van der Waals surface area contributed by atoms with Crippen molar-refractivity contribution >= 4 is 11.9 Å². The zero-order chi connectivity index (χ0) is 13.1. The zero-order valence-corrected chi connectivity index (χ0v) is 11.0. The fourth-order valence-electron chi connectivity index (χ4n) is 3.13. The second-order valence-corrected chi connectivity index (χ2v) is 6.00. The van der Waals surface area contributed by atoms with Crippen molar-refractivity contribution < 1.29 is 14.7 Å². The van der Waals surface area contributed by atoms with Crippen LogP contribution in [0.5, 0.6) is 0 Å². The van der Waals surface area contributed by atoms with Gasteiger partial charge in [0.25, 0.3) is 0 Å². The highest BCUT2D eigenvalue weighted by molar-refractivity contribution is 5.79. The van der Waals surface area contributed by atoms with Crippen molar-refractivity contribution in [2.75, 3.05) is 0 Å². The fourth-order valence-corrected chi connectivity index (χ4v) is 3.13. The standard InChI is InChI=1S/C14H23NO3/c1-9(6-10-4-2-3-5-10)13(16)15-12-7-11(8-12)14(17)18/h9-12H,2-8H2,1H3,(H,15,16)(H,17,18). The minimum Gasteiger partial charge on any atom is -0.481 e. The van der Waals surface area contributed by atoms with Crippen molar-refractivity contribution in [2.24, 2.45) is 17.8 Å². The predicted molar refractivity (Wildman–Crippen MR) is 68.0 cm³/mol. The number of carboxylic acids is 1. The molecule has 0 aromatic carbocycles. The Morgan fingerprint density at radius 3 is 2.44 bits per heavy atom. The Bertz CT molecular complexity index is 317. The van der Waals surface area contributed by atoms with Crippen LogP contribution in [-0.4, -0.2) is 23.0 Å². The third-order valence-corrected chi connectivity index (χ3v) is 4.44. The van der Waals surface area contributed by atoms with Gasteiger partial charge in [-0.25, -0.2) is 0 Å². The third-order valence-electron chi connectivity index (χ3n) is 4.44. The van der Waals surface area contributed by atoms with Gasteiger partial charge in [0.1, 0.15) is 0 Å². The molecule has 4 nitrogen and oxygen atoms in total. The SMILES string of the molecule is CC(CC1CCCC1)C(=O)NC1CC(C(=O)O)C1. The molecule has 0 saturated heterocycles. The molecule has 2 N–H and O–H groups in total. The van der Waals surface area contributed by atoms with Crippen LogP contribution >= 0.6 is 0 Å². The Hall–Kier alpha value is -1.06. The maximum atomic E-state index is 12.0. The summed E-state index contributed by atoms with van der Waals surface area (Å²) in [5.74, 6) is -0.0911. The van der Waals surface area contributed by atoms with Crippen molar-refractivity contribution in [1.82, 2.24) is 5.32 Å². The first kappa shape index (κ1) is 13.4. The van der Waals surface area contributed by atoms with Gasteiger partial charge in [0.05, 0.1) is 5.92 Å². The highest BCUT2D eigenvalue weighted by Gasteiger charge is 2.36. The lowest BCUT2D eigenvalue weighted by Crippen LogP contribution is -2.48. The van der Waals surface area contributed by atoms with E-state index < -0.39 is 5.97 Å². The summed E-state index contributed by atoms with van der Waals surface area (Å²) in [6, 6.07) is 0.0876. The third kappa shape index (κ3) is 3.24. The molecular weight excluding hydrogens is 230 g/mol. The van der Waals surface area contributed by atoms with E-state index in [0.29, 0.717) is 12.8 Å². The van der Waals surface area contributed by atoms with Gasteiger partial charge in [-0.3, -0.25) is 9.59 Å². The van der Waals surface area contributed by atoms with Gasteiger partial charge >= 0.3 is 5.97 Å². The van der Waals surface area contributed by atoms with Crippen molar-refractivity contribution in [3.05, 3.63) is 0 Å². The summed E-state index contributed by atoms with van der Waals surface area (Å²) < 4.78 is 0. The van der Waals surface area contributed by atoms with E-state index in [-0.39, 0.29) is 23.8 Å². The number of aliphatic carboxylic acids is 1. The first-order valence-corrected chi connectivity index (χ1v) is 7.09. The zero-order valence-electron chi connectivity index (χ0n) is 11.0. The normalized spacial score (nSPS) is 29.6. The summed E-state index contributed by atoms with van der Waals surface area (Å²) >= 11 is 0. The average Bonchev–Trinajstić information content (AvgIpc) is 2.74. The minimum atomic E-state index is -0.737. The number of nitrogens with one attached hydrogen (secondary N) is 1. The average molecular weight is 253 g/mol. The van der Waals surface area contributed by atoms with Crippen molar-refractivity contribution in [1.29, 1.82) is 0 Å². The van der Waals surface area contributed by atoms with Crippen molar-refractivity contribution in [2.45, 2.75) is 57.9 Å². The molecule has 2 aliphatic carbocycles. The maximum Gasteiger partial charge on any atom is 0.306 e. The lowest BCUT2D eigenvalue weighted by atomic mass is 9.80. The summed E-state index contributed by atoms with van der Waals surface area (Å²) in [6.07, 6.45) is 7.32. The molecule has 4 heteroatoms. The molecule has 0 radical (unpaired) electrons. The number of carbonyl (C=O) groups excluding carboxylic acids is 1. The molecule has 2 aliphatic rings. The van der Waals surface area contributed by atoms with Gasteiger partial charge in [-0.05, 0) is 25.2 Å². The van der Waals surface area contributed by atoms with E-state index >= 15 is 0 Å². The van der Waals surface area contributed by atoms with Crippen LogP contribution in [0.4, 0.5) is 0 Å². The molecule has 0 aliphatic heterocycles. The molecule has 0 bridgehead atoms. The van der Waals surface area contributed by atoms with Gasteiger partial charge in [-0.2, -0.15) is 0 Å². The molecule has 2 rings (SSSR count). The van der Waals surface area contributed by atoms with E-state index in [2.05, 4.69) is 5.32 Å². The van der Waals surface area contributed by atoms with E-state index in [4.69, 9.17) is 5.11 Å². The summed E-state index contributed by atoms with van der Waals surface area (Å²) in [7, 11) is 0. The number of rotatable bonds is 5. The van der Waals surface area contributed by atoms with Crippen molar-refractivity contribution in [3.8, 4) is 0 Å². The van der Waals surface area contributed by atoms with Gasteiger partial charge in [0.15, 0.2) is 0 Å². The van der Waals surface area contributed by atoms with Gasteiger partial charge < -0.3 is 10.4 Å². The Kier molecular flexibility index (Phi) is 4.25. The van der Waals surface area contributed by atoms with Crippen LogP contribution in [0.15, 0.2) is 0 Å². The second kappa shape index (κ2) is 5.72. The largest absolute Gasteiger partial charge is 0.481 e. The van der Waals surface area contributed by atoms with Crippen LogP contribution in [0.25, 0.3) is 0 Å². The smallest absolute Gasteiger partial charge is 0.306 e. The van der Waals surface area contributed by atoms with Gasteiger partial charge in [-0.1, -0.05) is 32.6 Å². The Morgan fingerprint density at radius 2 is 1.89 bits per heavy atom. The molecule has 0 aromatic rings. The number of carbonyl (C=O) groups is 2. The van der Waals surface area contributed by atoms with Gasteiger partial charge in [-0.15, -0.1) is 0 Å². The summed E-state index contributed by atoms with van der Waals surface area (Å²) in [5.41, 5.74) is 0. The molecule has 1 atom stereocenters. The Morgan fingerprint density at radius 1 is 1.28 bits per heavy atom. The van der Waals surface area contributed by atoms with Crippen LogP contribution in [0, 0.1) is 17.8 Å². The first-order chi connectivity index (χ1) is 8.56. The lowest BCUT2D eigenvalue weighted by Gasteiger charge is -2.33. The van der Waals surface area contributed by atoms with Crippen LogP contribution in [0.1, 0.15) is 51.9 Å². The monoisotopic (exact) mass is 253 g/mol. The van der Waals surface area contributed by atoms with Crippen LogP contribution in [-0.2, 0) is 9.59 Å². The summed E-state index contributed by atoms with van der Waals surface area (Å²) in [6.45, 7) is 1.99.